The van der Waals surface area contributed by atoms with Crippen molar-refractivity contribution in [1.29, 1.82) is 0 Å². The highest BCUT2D eigenvalue weighted by Crippen LogP contribution is 2.27. The zero-order valence-corrected chi connectivity index (χ0v) is 10.1. The molecule has 1 aromatic heterocycles. The van der Waals surface area contributed by atoms with Crippen LogP contribution in [0, 0.1) is 12.7 Å². The number of aromatic carboxylic acids is 1. The zero-order chi connectivity index (χ0) is 13.3. The topological polar surface area (TPSA) is 55.1 Å². The lowest BCUT2D eigenvalue weighted by Crippen LogP contribution is -2.00. The normalized spacial score (nSPS) is 10.6. The molecule has 5 heteroatoms. The summed E-state index contributed by atoms with van der Waals surface area (Å²) in [4.78, 5) is 11.1. The van der Waals surface area contributed by atoms with Crippen molar-refractivity contribution in [2.24, 2.45) is 0 Å². The van der Waals surface area contributed by atoms with Gasteiger partial charge in [0.25, 0.3) is 0 Å². The number of nitrogens with zero attached hydrogens (tertiary/aromatic N) is 2. The van der Waals surface area contributed by atoms with Crippen molar-refractivity contribution in [3.05, 3.63) is 41.5 Å². The summed E-state index contributed by atoms with van der Waals surface area (Å²) in [5.74, 6) is -1.70. The number of hydrogen-bond donors (Lipinski definition) is 1. The fourth-order valence-electron chi connectivity index (χ4n) is 1.87. The smallest absolute Gasteiger partial charge is 0.336 e. The molecule has 0 unspecified atom stereocenters. The number of halogens is 1. The molecular formula is C13H13FN2O2. The van der Waals surface area contributed by atoms with E-state index in [-0.39, 0.29) is 5.56 Å². The molecule has 0 radical (unpaired) electrons. The molecule has 0 aliphatic heterocycles. The van der Waals surface area contributed by atoms with Gasteiger partial charge in [0.05, 0.1) is 11.3 Å². The van der Waals surface area contributed by atoms with E-state index in [9.17, 15) is 9.18 Å². The Morgan fingerprint density at radius 1 is 1.44 bits per heavy atom. The van der Waals surface area contributed by atoms with Crippen LogP contribution < -0.4 is 0 Å². The van der Waals surface area contributed by atoms with Gasteiger partial charge in [-0.05, 0) is 31.5 Å². The Labute approximate surface area is 104 Å². The van der Waals surface area contributed by atoms with Crippen LogP contribution in [-0.2, 0) is 6.54 Å². The summed E-state index contributed by atoms with van der Waals surface area (Å²) >= 11 is 0. The van der Waals surface area contributed by atoms with Gasteiger partial charge in [0.15, 0.2) is 0 Å². The predicted octanol–water partition coefficient (Wildman–Crippen LogP) is 2.72. The molecule has 0 saturated heterocycles. The second-order valence-corrected chi connectivity index (χ2v) is 3.98. The van der Waals surface area contributed by atoms with Gasteiger partial charge in [0, 0.05) is 18.3 Å². The molecule has 0 bridgehead atoms. The van der Waals surface area contributed by atoms with Crippen molar-refractivity contribution in [2.75, 3.05) is 0 Å². The van der Waals surface area contributed by atoms with Gasteiger partial charge in [-0.3, -0.25) is 4.68 Å². The highest BCUT2D eigenvalue weighted by molar-refractivity contribution is 5.96. The van der Waals surface area contributed by atoms with E-state index >= 15 is 0 Å². The van der Waals surface area contributed by atoms with Gasteiger partial charge in [-0.2, -0.15) is 5.10 Å². The summed E-state index contributed by atoms with van der Waals surface area (Å²) in [6, 6.07) is 3.76. The van der Waals surface area contributed by atoms with E-state index in [1.807, 2.05) is 6.92 Å². The average molecular weight is 248 g/mol. The van der Waals surface area contributed by atoms with Crippen LogP contribution in [0.2, 0.25) is 0 Å². The molecule has 1 N–H and O–H groups in total. The quantitative estimate of drug-likeness (QED) is 0.908. The Bertz CT molecular complexity index is 605. The maximum absolute atomic E-state index is 13.1. The Morgan fingerprint density at radius 3 is 2.72 bits per heavy atom. The molecular weight excluding hydrogens is 235 g/mol. The zero-order valence-electron chi connectivity index (χ0n) is 10.1. The minimum Gasteiger partial charge on any atom is -0.478 e. The second-order valence-electron chi connectivity index (χ2n) is 3.98. The molecule has 0 fully saturated rings. The number of aryl methyl sites for hydroxylation is 2. The van der Waals surface area contributed by atoms with Gasteiger partial charge in [0.2, 0.25) is 0 Å². The molecule has 1 aromatic carbocycles. The van der Waals surface area contributed by atoms with Gasteiger partial charge in [-0.15, -0.1) is 0 Å². The number of carboxylic acids is 1. The second kappa shape index (κ2) is 4.60. The highest BCUT2D eigenvalue weighted by Gasteiger charge is 2.16. The SMILES string of the molecule is CCn1cc(-c2ccc(F)cc2C(=O)O)c(C)n1. The lowest BCUT2D eigenvalue weighted by Gasteiger charge is -2.04. The first-order chi connectivity index (χ1) is 8.52. The number of carboxylic acid groups (broad SMARTS) is 1. The molecule has 0 aliphatic rings. The highest BCUT2D eigenvalue weighted by atomic mass is 19.1. The van der Waals surface area contributed by atoms with Crippen LogP contribution >= 0.6 is 0 Å². The predicted molar refractivity (Wildman–Crippen MR) is 65.0 cm³/mol. The lowest BCUT2D eigenvalue weighted by molar-refractivity contribution is 0.0697. The van der Waals surface area contributed by atoms with E-state index < -0.39 is 11.8 Å². The first-order valence-electron chi connectivity index (χ1n) is 5.60. The summed E-state index contributed by atoms with van der Waals surface area (Å²) in [5, 5.41) is 13.4. The monoisotopic (exact) mass is 248 g/mol. The van der Waals surface area contributed by atoms with Crippen LogP contribution in [0.1, 0.15) is 23.0 Å². The Hall–Kier alpha value is -2.17. The summed E-state index contributed by atoms with van der Waals surface area (Å²) in [5.41, 5.74) is 1.88. The molecule has 1 heterocycles. The minimum atomic E-state index is -1.15. The van der Waals surface area contributed by atoms with Gasteiger partial charge >= 0.3 is 5.97 Å². The fraction of sp³-hybridized carbons (Fsp3) is 0.231. The van der Waals surface area contributed by atoms with Crippen molar-refractivity contribution < 1.29 is 14.3 Å². The van der Waals surface area contributed by atoms with Crippen molar-refractivity contribution in [2.45, 2.75) is 20.4 Å². The largest absolute Gasteiger partial charge is 0.478 e. The number of aromatic nitrogens is 2. The van der Waals surface area contributed by atoms with E-state index in [0.29, 0.717) is 17.7 Å². The van der Waals surface area contributed by atoms with E-state index in [1.165, 1.54) is 12.1 Å². The number of carbonyl (C=O) groups is 1. The molecule has 18 heavy (non-hydrogen) atoms. The summed E-state index contributed by atoms with van der Waals surface area (Å²) in [7, 11) is 0. The summed E-state index contributed by atoms with van der Waals surface area (Å²) in [6.07, 6.45) is 1.77. The third-order valence-electron chi connectivity index (χ3n) is 2.77. The van der Waals surface area contributed by atoms with Crippen LogP contribution in [0.3, 0.4) is 0 Å². The molecule has 94 valence electrons. The first kappa shape index (κ1) is 12.3. The van der Waals surface area contributed by atoms with Crippen LogP contribution in [0.25, 0.3) is 11.1 Å². The Kier molecular flexibility index (Phi) is 3.14. The van der Waals surface area contributed by atoms with Crippen LogP contribution in [0.15, 0.2) is 24.4 Å². The Morgan fingerprint density at radius 2 is 2.17 bits per heavy atom. The van der Waals surface area contributed by atoms with Crippen molar-refractivity contribution in [3.8, 4) is 11.1 Å². The summed E-state index contributed by atoms with van der Waals surface area (Å²) in [6.45, 7) is 4.44. The van der Waals surface area contributed by atoms with E-state index in [4.69, 9.17) is 5.11 Å². The molecule has 2 aromatic rings. The van der Waals surface area contributed by atoms with Crippen LogP contribution in [-0.4, -0.2) is 20.9 Å². The third-order valence-corrected chi connectivity index (χ3v) is 2.77. The number of hydrogen-bond acceptors (Lipinski definition) is 2. The van der Waals surface area contributed by atoms with Crippen LogP contribution in [0.4, 0.5) is 4.39 Å². The van der Waals surface area contributed by atoms with Crippen molar-refractivity contribution in [1.82, 2.24) is 9.78 Å². The standard InChI is InChI=1S/C13H13FN2O2/c1-3-16-7-12(8(2)15-16)10-5-4-9(14)6-11(10)13(17)18/h4-7H,3H2,1-2H3,(H,17,18). The first-order valence-corrected chi connectivity index (χ1v) is 5.60. The molecule has 2 rings (SSSR count). The van der Waals surface area contributed by atoms with Crippen molar-refractivity contribution in [3.63, 3.8) is 0 Å². The third kappa shape index (κ3) is 2.11. The van der Waals surface area contributed by atoms with Gasteiger partial charge in [-0.25, -0.2) is 9.18 Å². The molecule has 4 nitrogen and oxygen atoms in total. The fourth-order valence-corrected chi connectivity index (χ4v) is 1.87. The Balaban J connectivity index is 2.62. The number of benzene rings is 1. The molecule has 0 amide bonds. The van der Waals surface area contributed by atoms with Crippen molar-refractivity contribution >= 4 is 5.97 Å². The van der Waals surface area contributed by atoms with E-state index in [1.54, 1.807) is 17.8 Å². The minimum absolute atomic E-state index is 0.0475. The average Bonchev–Trinajstić information content (AvgIpc) is 2.70. The molecule has 0 atom stereocenters. The summed E-state index contributed by atoms with van der Waals surface area (Å²) < 4.78 is 14.8. The van der Waals surface area contributed by atoms with Gasteiger partial charge in [-0.1, -0.05) is 6.07 Å². The maximum Gasteiger partial charge on any atom is 0.336 e. The molecule has 0 spiro atoms. The van der Waals surface area contributed by atoms with Gasteiger partial charge in [0.1, 0.15) is 5.82 Å². The maximum atomic E-state index is 13.1. The number of rotatable bonds is 3. The lowest BCUT2D eigenvalue weighted by atomic mass is 10.0. The molecule has 0 aliphatic carbocycles. The van der Waals surface area contributed by atoms with E-state index in [2.05, 4.69) is 5.10 Å². The molecule has 0 saturated carbocycles. The van der Waals surface area contributed by atoms with Crippen LogP contribution in [0.5, 0.6) is 0 Å². The van der Waals surface area contributed by atoms with E-state index in [0.717, 1.165) is 11.8 Å². The van der Waals surface area contributed by atoms with Gasteiger partial charge < -0.3 is 5.11 Å².